The lowest BCUT2D eigenvalue weighted by atomic mass is 9.85. The third kappa shape index (κ3) is 4.77. The molecule has 0 aliphatic heterocycles. The molecule has 0 bridgehead atoms. The van der Waals surface area contributed by atoms with Crippen LogP contribution in [-0.4, -0.2) is 42.5 Å². The predicted molar refractivity (Wildman–Crippen MR) is 79.9 cm³/mol. The van der Waals surface area contributed by atoms with Crippen molar-refractivity contribution in [2.45, 2.75) is 64.5 Å². The first-order chi connectivity index (χ1) is 8.89. The first-order valence-corrected chi connectivity index (χ1v) is 7.64. The van der Waals surface area contributed by atoms with Gasteiger partial charge in [-0.25, -0.2) is 0 Å². The Morgan fingerprint density at radius 1 is 1.47 bits per heavy atom. The molecule has 1 saturated carbocycles. The van der Waals surface area contributed by atoms with Gasteiger partial charge in [-0.3, -0.25) is 4.79 Å². The van der Waals surface area contributed by atoms with Crippen LogP contribution in [0.4, 0.5) is 0 Å². The van der Waals surface area contributed by atoms with Gasteiger partial charge in [0, 0.05) is 12.6 Å². The summed E-state index contributed by atoms with van der Waals surface area (Å²) in [6.45, 7) is 7.87. The van der Waals surface area contributed by atoms with E-state index in [1.54, 1.807) is 0 Å². The number of primary amides is 1. The van der Waals surface area contributed by atoms with E-state index in [1.165, 1.54) is 25.7 Å². The summed E-state index contributed by atoms with van der Waals surface area (Å²) in [6, 6.07) is 0.589. The predicted octanol–water partition coefficient (Wildman–Crippen LogP) is 1.74. The summed E-state index contributed by atoms with van der Waals surface area (Å²) in [4.78, 5) is 14.1. The molecule has 0 heterocycles. The first kappa shape index (κ1) is 16.4. The van der Waals surface area contributed by atoms with Gasteiger partial charge in [-0.2, -0.15) is 0 Å². The van der Waals surface area contributed by atoms with Crippen molar-refractivity contribution in [3.05, 3.63) is 0 Å². The van der Waals surface area contributed by atoms with Crippen molar-refractivity contribution in [1.29, 1.82) is 0 Å². The molecule has 0 aromatic carbocycles. The molecular weight excluding hydrogens is 238 g/mol. The second-order valence-corrected chi connectivity index (χ2v) is 6.46. The van der Waals surface area contributed by atoms with E-state index < -0.39 is 5.54 Å². The fourth-order valence-electron chi connectivity index (χ4n) is 3.05. The van der Waals surface area contributed by atoms with Gasteiger partial charge in [-0.1, -0.05) is 26.7 Å². The van der Waals surface area contributed by atoms with Crippen LogP contribution < -0.4 is 11.1 Å². The smallest absolute Gasteiger partial charge is 0.238 e. The Bertz CT molecular complexity index is 295. The maximum Gasteiger partial charge on any atom is 0.238 e. The summed E-state index contributed by atoms with van der Waals surface area (Å²) in [7, 11) is 2.12. The number of hydrogen-bond acceptors (Lipinski definition) is 3. The number of carbonyl (C=O) groups is 1. The number of carbonyl (C=O) groups excluding carboxylic acids is 1. The third-order valence-electron chi connectivity index (χ3n) is 4.41. The van der Waals surface area contributed by atoms with Crippen LogP contribution in [0, 0.1) is 5.92 Å². The molecule has 0 radical (unpaired) electrons. The van der Waals surface area contributed by atoms with Gasteiger partial charge in [0.05, 0.1) is 0 Å². The molecule has 0 spiro atoms. The van der Waals surface area contributed by atoms with E-state index in [9.17, 15) is 4.79 Å². The number of likely N-dealkylation sites (N-methyl/N-ethyl adjacent to an activating group) is 1. The average Bonchev–Trinajstić information content (AvgIpc) is 2.36. The third-order valence-corrected chi connectivity index (χ3v) is 4.41. The summed E-state index contributed by atoms with van der Waals surface area (Å²) in [5, 5.41) is 3.31. The lowest BCUT2D eigenvalue weighted by Gasteiger charge is -2.39. The summed E-state index contributed by atoms with van der Waals surface area (Å²) >= 11 is 0. The second-order valence-electron chi connectivity index (χ2n) is 6.46. The second kappa shape index (κ2) is 7.25. The molecule has 112 valence electrons. The largest absolute Gasteiger partial charge is 0.368 e. The van der Waals surface area contributed by atoms with Gasteiger partial charge in [0.2, 0.25) is 5.91 Å². The highest BCUT2D eigenvalue weighted by atomic mass is 16.1. The van der Waals surface area contributed by atoms with Gasteiger partial charge < -0.3 is 16.0 Å². The van der Waals surface area contributed by atoms with E-state index in [4.69, 9.17) is 5.73 Å². The molecule has 19 heavy (non-hydrogen) atoms. The molecule has 3 atom stereocenters. The Hall–Kier alpha value is -0.610. The molecular formula is C15H31N3O. The van der Waals surface area contributed by atoms with E-state index in [-0.39, 0.29) is 5.91 Å². The van der Waals surface area contributed by atoms with E-state index >= 15 is 0 Å². The molecule has 1 aliphatic carbocycles. The highest BCUT2D eigenvalue weighted by molar-refractivity contribution is 5.84. The Labute approximate surface area is 118 Å². The van der Waals surface area contributed by atoms with Crippen LogP contribution in [0.25, 0.3) is 0 Å². The molecule has 0 aromatic heterocycles. The zero-order valence-electron chi connectivity index (χ0n) is 13.0. The monoisotopic (exact) mass is 269 g/mol. The SMILES string of the molecule is CCCNC(C)(CN(C)C1CCCC(C)C1)C(N)=O. The quantitative estimate of drug-likeness (QED) is 0.740. The molecule has 3 unspecified atom stereocenters. The maximum atomic E-state index is 11.7. The van der Waals surface area contributed by atoms with Crippen molar-refractivity contribution in [3.8, 4) is 0 Å². The normalized spacial score (nSPS) is 27.2. The minimum Gasteiger partial charge on any atom is -0.368 e. The molecule has 1 fully saturated rings. The number of hydrogen-bond donors (Lipinski definition) is 2. The molecule has 4 heteroatoms. The summed E-state index contributed by atoms with van der Waals surface area (Å²) in [5.41, 5.74) is 4.97. The van der Waals surface area contributed by atoms with Crippen molar-refractivity contribution >= 4 is 5.91 Å². The van der Waals surface area contributed by atoms with Crippen molar-refractivity contribution < 1.29 is 4.79 Å². The van der Waals surface area contributed by atoms with Crippen LogP contribution >= 0.6 is 0 Å². The highest BCUT2D eigenvalue weighted by Gasteiger charge is 2.34. The number of rotatable bonds is 7. The van der Waals surface area contributed by atoms with Gasteiger partial charge in [0.15, 0.2) is 0 Å². The minimum absolute atomic E-state index is 0.253. The lowest BCUT2D eigenvalue weighted by Crippen LogP contribution is -2.60. The van der Waals surface area contributed by atoms with Crippen LogP contribution in [0.15, 0.2) is 0 Å². The average molecular weight is 269 g/mol. The van der Waals surface area contributed by atoms with Crippen LogP contribution in [0.1, 0.15) is 52.9 Å². The highest BCUT2D eigenvalue weighted by Crippen LogP contribution is 2.27. The van der Waals surface area contributed by atoms with Gasteiger partial charge in [-0.15, -0.1) is 0 Å². The van der Waals surface area contributed by atoms with Crippen LogP contribution in [-0.2, 0) is 4.79 Å². The Kier molecular flexibility index (Phi) is 6.27. The molecule has 0 saturated heterocycles. The molecule has 3 N–H and O–H groups in total. The Morgan fingerprint density at radius 2 is 2.16 bits per heavy atom. The number of nitrogens with two attached hydrogens (primary N) is 1. The van der Waals surface area contributed by atoms with E-state index in [0.29, 0.717) is 12.6 Å². The van der Waals surface area contributed by atoms with Crippen molar-refractivity contribution in [2.75, 3.05) is 20.1 Å². The maximum absolute atomic E-state index is 11.7. The number of amides is 1. The summed E-state index contributed by atoms with van der Waals surface area (Å²) in [6.07, 6.45) is 6.12. The molecule has 1 amide bonds. The lowest BCUT2D eigenvalue weighted by molar-refractivity contribution is -0.124. The van der Waals surface area contributed by atoms with Crippen LogP contribution in [0.5, 0.6) is 0 Å². The van der Waals surface area contributed by atoms with Gasteiger partial charge >= 0.3 is 0 Å². The zero-order chi connectivity index (χ0) is 14.5. The first-order valence-electron chi connectivity index (χ1n) is 7.64. The summed E-state index contributed by atoms with van der Waals surface area (Å²) in [5.74, 6) is 0.543. The van der Waals surface area contributed by atoms with Gasteiger partial charge in [-0.05, 0) is 45.7 Å². The molecule has 0 aromatic rings. The van der Waals surface area contributed by atoms with Crippen LogP contribution in [0.3, 0.4) is 0 Å². The zero-order valence-corrected chi connectivity index (χ0v) is 13.0. The topological polar surface area (TPSA) is 58.4 Å². The number of nitrogens with zero attached hydrogens (tertiary/aromatic N) is 1. The van der Waals surface area contributed by atoms with Crippen LogP contribution in [0.2, 0.25) is 0 Å². The van der Waals surface area contributed by atoms with Crippen molar-refractivity contribution in [1.82, 2.24) is 10.2 Å². The fraction of sp³-hybridized carbons (Fsp3) is 0.933. The molecule has 1 rings (SSSR count). The fourth-order valence-corrected chi connectivity index (χ4v) is 3.05. The Balaban J connectivity index is 2.59. The minimum atomic E-state index is -0.620. The molecule has 4 nitrogen and oxygen atoms in total. The van der Waals surface area contributed by atoms with E-state index in [2.05, 4.69) is 31.1 Å². The van der Waals surface area contributed by atoms with E-state index in [0.717, 1.165) is 18.9 Å². The van der Waals surface area contributed by atoms with Gasteiger partial charge in [0.25, 0.3) is 0 Å². The van der Waals surface area contributed by atoms with Crippen molar-refractivity contribution in [3.63, 3.8) is 0 Å². The standard InChI is InChI=1S/C15H31N3O/c1-5-9-17-15(3,14(16)19)11-18(4)13-8-6-7-12(2)10-13/h12-13,17H,5-11H2,1-4H3,(H2,16,19). The molecule has 1 aliphatic rings. The Morgan fingerprint density at radius 3 is 2.68 bits per heavy atom. The van der Waals surface area contributed by atoms with E-state index in [1.807, 2.05) is 6.92 Å². The van der Waals surface area contributed by atoms with Crippen molar-refractivity contribution in [2.24, 2.45) is 11.7 Å². The summed E-state index contributed by atoms with van der Waals surface area (Å²) < 4.78 is 0. The van der Waals surface area contributed by atoms with Gasteiger partial charge in [0.1, 0.15) is 5.54 Å². The number of nitrogens with one attached hydrogen (secondary N) is 1.